The van der Waals surface area contributed by atoms with Crippen LogP contribution in [0.2, 0.25) is 5.28 Å². The van der Waals surface area contributed by atoms with Crippen LogP contribution in [-0.2, 0) is 29.8 Å². The minimum atomic E-state index is -5.11. The van der Waals surface area contributed by atoms with Crippen LogP contribution in [0.3, 0.4) is 0 Å². The molecular weight excluding hydrogens is 846 g/mol. The molecule has 6 rings (SSSR count). The second-order valence-corrected chi connectivity index (χ2v) is 15.6. The van der Waals surface area contributed by atoms with Crippen LogP contribution in [0.25, 0.3) is 20.8 Å². The van der Waals surface area contributed by atoms with Gasteiger partial charge in [-0.15, -0.1) is 11.3 Å². The summed E-state index contributed by atoms with van der Waals surface area (Å²) in [6, 6.07) is 13.2. The molecule has 0 saturated carbocycles. The fourth-order valence-corrected chi connectivity index (χ4v) is 8.51. The van der Waals surface area contributed by atoms with E-state index in [0.29, 0.717) is 36.9 Å². The van der Waals surface area contributed by atoms with Gasteiger partial charge in [-0.05, 0) is 97.9 Å². The predicted molar refractivity (Wildman–Crippen MR) is 198 cm³/mol. The molecule has 0 saturated heterocycles. The number of H-pyrrole nitrogens is 1. The van der Waals surface area contributed by atoms with Gasteiger partial charge in [-0.3, -0.25) is 29.5 Å². The standard InChI is InChI=1S/C32H27ClN10O9S3.2Na/c1-4-43-28(45)22(26(34)44)15(3)23(29(43)46)42-41-20-13-18(10-12-21(20)54(47,48)49)36-32-39-30(33)38-31(40-32)35-17-8-6-16(7-9-17)27-37-19-11-5-14(2)25(24(19)53-27)55(50,51)52;;/h5-13,41H,4H2,1-3H3,(H2,34,44)(H,47,48,49)(H,50,51,52)(H2,35,36,38,39,40);;/q;2*+1/p-2/b42-23-;;. The maximum absolute atomic E-state index is 13.0. The Balaban J connectivity index is 0.00000360. The number of hydrazone groups is 1. The van der Waals surface area contributed by atoms with Crippen molar-refractivity contribution in [2.75, 3.05) is 17.3 Å². The monoisotopic (exact) mass is 870 g/mol. The van der Waals surface area contributed by atoms with Gasteiger partial charge in [0.2, 0.25) is 16.9 Å². The summed E-state index contributed by atoms with van der Waals surface area (Å²) >= 11 is 7.31. The first kappa shape index (κ1) is 45.8. The van der Waals surface area contributed by atoms with Gasteiger partial charge in [-0.25, -0.2) is 18.4 Å². The summed E-state index contributed by atoms with van der Waals surface area (Å²) in [6.07, 6.45) is 0. The van der Waals surface area contributed by atoms with Crippen LogP contribution in [-0.4, -0.2) is 80.7 Å². The molecule has 0 atom stereocenters. The number of nitrogens with one attached hydrogen (secondary N) is 4. The number of aryl methyl sites for hydroxylation is 1. The molecule has 2 aromatic heterocycles. The van der Waals surface area contributed by atoms with E-state index in [1.165, 1.54) is 19.9 Å². The largest absolute Gasteiger partial charge is 1.00 e. The van der Waals surface area contributed by atoms with Gasteiger partial charge < -0.3 is 20.4 Å². The number of amides is 2. The quantitative estimate of drug-likeness (QED) is 0.0233. The Morgan fingerprint density at radius 3 is 2.32 bits per heavy atom. The summed E-state index contributed by atoms with van der Waals surface area (Å²) in [5, 5.41) is 26.6. The summed E-state index contributed by atoms with van der Waals surface area (Å²) in [7, 11) is -9.59. The van der Waals surface area contributed by atoms with Crippen molar-refractivity contribution >= 4 is 99.8 Å². The predicted octanol–water partition coefficient (Wildman–Crippen LogP) is -3.01. The molecule has 0 unspecified atom stereocenters. The Bertz CT molecular complexity index is 2830. The Morgan fingerprint density at radius 2 is 1.70 bits per heavy atom. The number of halogens is 1. The average molecular weight is 871 g/mol. The van der Waals surface area contributed by atoms with Crippen molar-refractivity contribution in [1.29, 1.82) is 5.41 Å². The summed E-state index contributed by atoms with van der Waals surface area (Å²) in [4.78, 5) is 45.1. The number of hydrogen-bond donors (Lipinski definition) is 5. The minimum absolute atomic E-state index is 0. The third-order valence-electron chi connectivity index (χ3n) is 7.92. The maximum atomic E-state index is 13.0. The van der Waals surface area contributed by atoms with Gasteiger partial charge in [-0.2, -0.15) is 23.5 Å². The molecule has 19 nitrogen and oxygen atoms in total. The Kier molecular flexibility index (Phi) is 14.4. The first-order valence-electron chi connectivity index (χ1n) is 15.6. The van der Waals surface area contributed by atoms with Gasteiger partial charge in [0.05, 0.1) is 32.1 Å². The van der Waals surface area contributed by atoms with E-state index < -0.39 is 59.8 Å². The van der Waals surface area contributed by atoms with Crippen molar-refractivity contribution < 1.29 is 99.8 Å². The van der Waals surface area contributed by atoms with Crippen molar-refractivity contribution in [2.24, 2.45) is 10.1 Å². The van der Waals surface area contributed by atoms with Crippen molar-refractivity contribution in [3.63, 3.8) is 0 Å². The number of hydrogen-bond acceptors (Lipinski definition) is 17. The molecule has 0 spiro atoms. The zero-order chi connectivity index (χ0) is 40.0. The molecule has 2 amide bonds. The summed E-state index contributed by atoms with van der Waals surface area (Å²) in [5.74, 6) is -3.26. The van der Waals surface area contributed by atoms with Crippen molar-refractivity contribution in [2.45, 2.75) is 30.6 Å². The Labute approximate surface area is 377 Å². The molecule has 3 heterocycles. The molecule has 25 heteroatoms. The van der Waals surface area contributed by atoms with Crippen LogP contribution in [0.1, 0.15) is 19.4 Å². The number of aromatic amines is 1. The number of aromatic nitrogens is 4. The first-order chi connectivity index (χ1) is 25.8. The first-order valence-corrected chi connectivity index (χ1v) is 19.6. The van der Waals surface area contributed by atoms with E-state index in [9.17, 15) is 40.6 Å². The third kappa shape index (κ3) is 9.87. The van der Waals surface area contributed by atoms with Crippen LogP contribution in [0.15, 0.2) is 85.6 Å². The van der Waals surface area contributed by atoms with Gasteiger partial charge in [0.25, 0.3) is 21.9 Å². The fraction of sp³-hybridized carbons (Fsp3) is 0.125. The molecule has 57 heavy (non-hydrogen) atoms. The number of benzene rings is 3. The number of fused-ring (bicyclic) bond motifs is 1. The van der Waals surface area contributed by atoms with Crippen LogP contribution in [0, 0.1) is 12.3 Å². The number of anilines is 3. The van der Waals surface area contributed by atoms with Crippen LogP contribution in [0.4, 0.5) is 23.0 Å². The smallest absolute Gasteiger partial charge is 0.859 e. The van der Waals surface area contributed by atoms with Gasteiger partial charge in [0, 0.05) is 17.8 Å². The number of imide groups is 1. The van der Waals surface area contributed by atoms with Gasteiger partial charge >= 0.3 is 59.1 Å². The van der Waals surface area contributed by atoms with Crippen LogP contribution >= 0.6 is 22.9 Å². The van der Waals surface area contributed by atoms with Crippen LogP contribution in [0.5, 0.6) is 0 Å². The molecule has 5 aromatic rings. The number of carbonyl (C=O) groups is 2. The zero-order valence-corrected chi connectivity index (χ0v) is 37.6. The third-order valence-corrected chi connectivity index (χ3v) is 11.3. The Morgan fingerprint density at radius 1 is 1.02 bits per heavy atom. The molecule has 1 aliphatic heterocycles. The van der Waals surface area contributed by atoms with Crippen LogP contribution < -0.4 is 80.6 Å². The molecule has 1 aliphatic rings. The molecule has 0 bridgehead atoms. The van der Waals surface area contributed by atoms with E-state index in [1.807, 2.05) is 0 Å². The minimum Gasteiger partial charge on any atom is -0.859 e. The van der Waals surface area contributed by atoms with Gasteiger partial charge in [0.15, 0.2) is 5.71 Å². The topological polar surface area (TPSA) is 299 Å². The van der Waals surface area contributed by atoms with E-state index in [4.69, 9.17) is 17.0 Å². The van der Waals surface area contributed by atoms with E-state index in [-0.39, 0.29) is 98.7 Å². The van der Waals surface area contributed by atoms with Crippen molar-refractivity contribution in [3.8, 4) is 10.6 Å². The van der Waals surface area contributed by atoms with E-state index in [2.05, 4.69) is 40.8 Å². The van der Waals surface area contributed by atoms with Crippen molar-refractivity contribution in [1.82, 2.24) is 24.8 Å². The average Bonchev–Trinajstić information content (AvgIpc) is 3.51. The number of likely N-dealkylation sites (N-methyl/N-ethyl adjacent to an activating group) is 1. The number of rotatable bonds is 10. The van der Waals surface area contributed by atoms with Crippen molar-refractivity contribution in [3.05, 3.63) is 82.2 Å². The molecule has 3 aromatic carbocycles. The number of carbonyl (C=O) groups excluding carboxylic acids is 2. The molecule has 0 radical (unpaired) electrons. The molecule has 284 valence electrons. The number of thiazole rings is 1. The normalized spacial score (nSPS) is 14.5. The Hall–Kier alpha value is -3.91. The second kappa shape index (κ2) is 17.9. The molecule has 0 fully saturated rings. The summed E-state index contributed by atoms with van der Waals surface area (Å²) in [5.41, 5.74) is 2.50. The maximum Gasteiger partial charge on any atom is 1.00 e. The van der Waals surface area contributed by atoms with E-state index in [1.54, 1.807) is 43.3 Å². The number of nitrogens with zero attached hydrogens (tertiary/aromatic N) is 6. The summed E-state index contributed by atoms with van der Waals surface area (Å²) in [6.45, 7) is 4.12. The molecule has 5 N–H and O–H groups in total. The fourth-order valence-electron chi connectivity index (χ4n) is 5.42. The summed E-state index contributed by atoms with van der Waals surface area (Å²) < 4.78 is 70.4. The van der Waals surface area contributed by atoms with Gasteiger partial charge in [0.1, 0.15) is 20.0 Å². The SMILES string of the molecule is CCN1C(=O)C(C(=N)[O-])=C(C)/C(=N/Nc2cc(N=c3nc(Nc4ccc(-c5nc6ccc(C)c(S(=O)(=O)O)c6s5)cc4)nc(Cl)[nH]3)ccc2S(=O)(=O)[O-])C1=O.[Na+].[Na+]. The van der Waals surface area contributed by atoms with E-state index >= 15 is 0 Å². The second-order valence-electron chi connectivity index (χ2n) is 11.5. The zero-order valence-electron chi connectivity index (χ0n) is 30.4. The van der Waals surface area contributed by atoms with E-state index in [0.717, 1.165) is 23.5 Å². The molecular formula is C32H25ClN10Na2O9S3. The molecule has 0 aliphatic carbocycles. The van der Waals surface area contributed by atoms with Gasteiger partial charge in [-0.1, -0.05) is 6.07 Å².